The Morgan fingerprint density at radius 1 is 1.33 bits per heavy atom. The van der Waals surface area contributed by atoms with E-state index in [2.05, 4.69) is 0 Å². The molecule has 2 N–H and O–H groups in total. The molecule has 106 valence electrons. The first kappa shape index (κ1) is 16.7. The van der Waals surface area contributed by atoms with Gasteiger partial charge in [-0.3, -0.25) is 9.59 Å². The van der Waals surface area contributed by atoms with Crippen LogP contribution in [0, 0.1) is 0 Å². The molecule has 1 amide bonds. The standard InChI is InChI=1S/C10H16F3NO4/c1-6(2)18-8(16)5-7(15)3-4-14-9(17)10(11,12)13/h6-7,15H,3-5H2,1-2H3,(H,14,17). The van der Waals surface area contributed by atoms with Gasteiger partial charge in [-0.15, -0.1) is 0 Å². The fourth-order valence-electron chi connectivity index (χ4n) is 1.06. The highest BCUT2D eigenvalue weighted by atomic mass is 19.4. The van der Waals surface area contributed by atoms with E-state index in [9.17, 15) is 27.9 Å². The minimum absolute atomic E-state index is 0.158. The number of carbonyl (C=O) groups is 2. The molecule has 0 fully saturated rings. The lowest BCUT2D eigenvalue weighted by molar-refractivity contribution is -0.173. The molecule has 0 aromatic carbocycles. The fraction of sp³-hybridized carbons (Fsp3) is 0.800. The van der Waals surface area contributed by atoms with Crippen LogP contribution in [-0.4, -0.2) is 41.9 Å². The van der Waals surface area contributed by atoms with E-state index in [1.165, 1.54) is 0 Å². The Kier molecular flexibility index (Phi) is 6.67. The molecule has 8 heteroatoms. The molecule has 5 nitrogen and oxygen atoms in total. The highest BCUT2D eigenvalue weighted by Gasteiger charge is 2.38. The van der Waals surface area contributed by atoms with Gasteiger partial charge in [-0.1, -0.05) is 0 Å². The maximum absolute atomic E-state index is 11.8. The molecule has 0 rings (SSSR count). The molecular weight excluding hydrogens is 255 g/mol. The van der Waals surface area contributed by atoms with Crippen LogP contribution in [0.3, 0.4) is 0 Å². The fourth-order valence-corrected chi connectivity index (χ4v) is 1.06. The van der Waals surface area contributed by atoms with Crippen LogP contribution < -0.4 is 5.32 Å². The molecule has 1 unspecified atom stereocenters. The van der Waals surface area contributed by atoms with Crippen LogP contribution >= 0.6 is 0 Å². The number of aliphatic hydroxyl groups excluding tert-OH is 1. The van der Waals surface area contributed by atoms with Gasteiger partial charge in [-0.2, -0.15) is 13.2 Å². The Morgan fingerprint density at radius 2 is 1.89 bits per heavy atom. The van der Waals surface area contributed by atoms with Crippen LogP contribution in [0.25, 0.3) is 0 Å². The van der Waals surface area contributed by atoms with Crippen molar-refractivity contribution < 1.29 is 32.6 Å². The molecule has 0 aromatic heterocycles. The number of hydrogen-bond acceptors (Lipinski definition) is 4. The lowest BCUT2D eigenvalue weighted by Crippen LogP contribution is -2.38. The predicted molar refractivity (Wildman–Crippen MR) is 55.5 cm³/mol. The van der Waals surface area contributed by atoms with Gasteiger partial charge in [-0.25, -0.2) is 0 Å². The number of rotatable bonds is 6. The number of halogens is 3. The summed E-state index contributed by atoms with van der Waals surface area (Å²) < 4.78 is 40.1. The highest BCUT2D eigenvalue weighted by Crippen LogP contribution is 2.14. The second kappa shape index (κ2) is 7.20. The van der Waals surface area contributed by atoms with Crippen LogP contribution in [0.5, 0.6) is 0 Å². The van der Waals surface area contributed by atoms with Crippen LogP contribution in [-0.2, 0) is 14.3 Å². The largest absolute Gasteiger partial charge is 0.471 e. The molecule has 0 spiro atoms. The van der Waals surface area contributed by atoms with Gasteiger partial charge >= 0.3 is 18.1 Å². The summed E-state index contributed by atoms with van der Waals surface area (Å²) in [5, 5.41) is 10.9. The highest BCUT2D eigenvalue weighted by molar-refractivity contribution is 5.81. The molecule has 18 heavy (non-hydrogen) atoms. The molecule has 0 saturated carbocycles. The molecule has 0 aliphatic rings. The van der Waals surface area contributed by atoms with E-state index in [1.807, 2.05) is 0 Å². The first-order chi connectivity index (χ1) is 8.12. The molecule has 0 bridgehead atoms. The first-order valence-corrected chi connectivity index (χ1v) is 5.35. The zero-order valence-electron chi connectivity index (χ0n) is 10.1. The van der Waals surface area contributed by atoms with Crippen LogP contribution in [0.1, 0.15) is 26.7 Å². The van der Waals surface area contributed by atoms with E-state index < -0.39 is 24.2 Å². The third kappa shape index (κ3) is 7.88. The SMILES string of the molecule is CC(C)OC(=O)CC(O)CCNC(=O)C(F)(F)F. The van der Waals surface area contributed by atoms with E-state index in [0.717, 1.165) is 0 Å². The number of ether oxygens (including phenoxy) is 1. The van der Waals surface area contributed by atoms with Crippen molar-refractivity contribution in [3.63, 3.8) is 0 Å². The number of alkyl halides is 3. The van der Waals surface area contributed by atoms with Gasteiger partial charge in [0.1, 0.15) is 0 Å². The number of amides is 1. The Morgan fingerprint density at radius 3 is 2.33 bits per heavy atom. The number of hydrogen-bond donors (Lipinski definition) is 2. The summed E-state index contributed by atoms with van der Waals surface area (Å²) in [5.74, 6) is -2.71. The normalized spacial score (nSPS) is 13.3. The summed E-state index contributed by atoms with van der Waals surface area (Å²) in [6.45, 7) is 2.90. The summed E-state index contributed by atoms with van der Waals surface area (Å²) >= 11 is 0. The van der Waals surface area contributed by atoms with E-state index in [1.54, 1.807) is 19.2 Å². The van der Waals surface area contributed by atoms with Gasteiger partial charge in [0.15, 0.2) is 0 Å². The van der Waals surface area contributed by atoms with Crippen LogP contribution in [0.4, 0.5) is 13.2 Å². The first-order valence-electron chi connectivity index (χ1n) is 5.35. The number of nitrogens with one attached hydrogen (secondary N) is 1. The summed E-state index contributed by atoms with van der Waals surface area (Å²) in [6.07, 6.45) is -6.89. The van der Waals surface area contributed by atoms with E-state index >= 15 is 0 Å². The quantitative estimate of drug-likeness (QED) is 0.699. The maximum atomic E-state index is 11.8. The van der Waals surface area contributed by atoms with Crippen molar-refractivity contribution in [2.75, 3.05) is 6.54 Å². The summed E-state index contributed by atoms with van der Waals surface area (Å²) in [6, 6.07) is 0. The van der Waals surface area contributed by atoms with Gasteiger partial charge < -0.3 is 15.2 Å². The molecule has 0 heterocycles. The zero-order chi connectivity index (χ0) is 14.3. The van der Waals surface area contributed by atoms with Crippen molar-refractivity contribution >= 4 is 11.9 Å². The zero-order valence-corrected chi connectivity index (χ0v) is 10.1. The average molecular weight is 271 g/mol. The molecular formula is C10H16F3NO4. The third-order valence-electron chi connectivity index (χ3n) is 1.79. The van der Waals surface area contributed by atoms with Crippen LogP contribution in [0.15, 0.2) is 0 Å². The maximum Gasteiger partial charge on any atom is 0.471 e. The Labute approximate surface area is 102 Å². The Hall–Kier alpha value is -1.31. The number of aliphatic hydroxyl groups is 1. The average Bonchev–Trinajstić information content (AvgIpc) is 2.13. The summed E-state index contributed by atoms with van der Waals surface area (Å²) in [7, 11) is 0. The summed E-state index contributed by atoms with van der Waals surface area (Å²) in [4.78, 5) is 21.5. The lowest BCUT2D eigenvalue weighted by atomic mass is 10.2. The number of carbonyl (C=O) groups excluding carboxylic acids is 2. The van der Waals surface area contributed by atoms with Gasteiger partial charge in [0, 0.05) is 6.54 Å². The topological polar surface area (TPSA) is 75.6 Å². The van der Waals surface area contributed by atoms with Gasteiger partial charge in [-0.05, 0) is 20.3 Å². The van der Waals surface area contributed by atoms with Gasteiger partial charge in [0.05, 0.1) is 18.6 Å². The van der Waals surface area contributed by atoms with Crippen molar-refractivity contribution in [1.82, 2.24) is 5.32 Å². The third-order valence-corrected chi connectivity index (χ3v) is 1.79. The monoisotopic (exact) mass is 271 g/mol. The van der Waals surface area contributed by atoms with Crippen molar-refractivity contribution in [3.8, 4) is 0 Å². The molecule has 0 aliphatic carbocycles. The minimum atomic E-state index is -4.94. The van der Waals surface area contributed by atoms with Crippen molar-refractivity contribution in [3.05, 3.63) is 0 Å². The van der Waals surface area contributed by atoms with E-state index in [-0.39, 0.29) is 25.5 Å². The van der Waals surface area contributed by atoms with Crippen LogP contribution in [0.2, 0.25) is 0 Å². The van der Waals surface area contributed by atoms with Crippen molar-refractivity contribution in [1.29, 1.82) is 0 Å². The van der Waals surface area contributed by atoms with E-state index in [4.69, 9.17) is 4.74 Å². The molecule has 0 saturated heterocycles. The second-order valence-corrected chi connectivity index (χ2v) is 3.94. The van der Waals surface area contributed by atoms with E-state index in [0.29, 0.717) is 0 Å². The smallest absolute Gasteiger partial charge is 0.463 e. The van der Waals surface area contributed by atoms with Gasteiger partial charge in [0.25, 0.3) is 0 Å². The predicted octanol–water partition coefficient (Wildman–Crippen LogP) is 0.758. The number of esters is 1. The van der Waals surface area contributed by atoms with Gasteiger partial charge in [0.2, 0.25) is 0 Å². The Bertz CT molecular complexity index is 291. The molecule has 1 atom stereocenters. The summed E-state index contributed by atoms with van der Waals surface area (Å²) in [5.41, 5.74) is 0. The lowest BCUT2D eigenvalue weighted by Gasteiger charge is -2.13. The molecule has 0 radical (unpaired) electrons. The second-order valence-electron chi connectivity index (χ2n) is 3.94. The molecule has 0 aromatic rings. The Balaban J connectivity index is 3.81. The minimum Gasteiger partial charge on any atom is -0.463 e. The van der Waals surface area contributed by atoms with Crippen molar-refractivity contribution in [2.24, 2.45) is 0 Å². The van der Waals surface area contributed by atoms with Crippen molar-refractivity contribution in [2.45, 2.75) is 45.1 Å². The molecule has 0 aliphatic heterocycles.